The van der Waals surface area contributed by atoms with E-state index in [1.54, 1.807) is 4.68 Å². The number of alkyl halides is 3. The SMILES string of the molecule is Cc1nc(N)cc(-c2nc(C3(C)CC3)c3c(C4[C@H]5CN(C)C[C@@H]45)nn(C4CC4)c3c2F)c1C(F)(F)F. The smallest absolute Gasteiger partial charge is 0.384 e. The molecular formula is C26H28F4N6. The molecule has 4 aliphatic rings. The molecule has 190 valence electrons. The molecule has 3 aliphatic carbocycles. The average molecular weight is 501 g/mol. The first kappa shape index (κ1) is 22.4. The summed E-state index contributed by atoms with van der Waals surface area (Å²) < 4.78 is 60.8. The van der Waals surface area contributed by atoms with Crippen molar-refractivity contribution < 1.29 is 17.6 Å². The summed E-state index contributed by atoms with van der Waals surface area (Å²) in [5.74, 6) is 0.386. The van der Waals surface area contributed by atoms with Crippen LogP contribution in [0.1, 0.15) is 67.2 Å². The molecule has 0 aromatic carbocycles. The van der Waals surface area contributed by atoms with Crippen LogP contribution in [0, 0.1) is 24.6 Å². The lowest BCUT2D eigenvalue weighted by molar-refractivity contribution is -0.137. The first-order valence-corrected chi connectivity index (χ1v) is 12.6. The maximum Gasteiger partial charge on any atom is 0.418 e. The average Bonchev–Trinajstić information content (AvgIpc) is 3.74. The van der Waals surface area contributed by atoms with Crippen molar-refractivity contribution in [3.05, 3.63) is 34.5 Å². The Balaban J connectivity index is 1.53. The van der Waals surface area contributed by atoms with E-state index in [2.05, 4.69) is 23.9 Å². The van der Waals surface area contributed by atoms with Crippen molar-refractivity contribution in [2.75, 3.05) is 25.9 Å². The highest BCUT2D eigenvalue weighted by Gasteiger charge is 2.58. The van der Waals surface area contributed by atoms with Crippen LogP contribution in [-0.2, 0) is 11.6 Å². The molecule has 1 unspecified atom stereocenters. The summed E-state index contributed by atoms with van der Waals surface area (Å²) in [4.78, 5) is 10.8. The summed E-state index contributed by atoms with van der Waals surface area (Å²) in [6.07, 6.45) is -1.24. The summed E-state index contributed by atoms with van der Waals surface area (Å²) in [6, 6.07) is 1.17. The molecule has 3 saturated carbocycles. The van der Waals surface area contributed by atoms with Crippen molar-refractivity contribution in [1.29, 1.82) is 0 Å². The highest BCUT2D eigenvalue weighted by Crippen LogP contribution is 2.61. The zero-order valence-corrected chi connectivity index (χ0v) is 20.5. The van der Waals surface area contributed by atoms with Gasteiger partial charge < -0.3 is 10.6 Å². The summed E-state index contributed by atoms with van der Waals surface area (Å²) in [5.41, 5.74) is 5.49. The van der Waals surface area contributed by atoms with Crippen LogP contribution in [0.5, 0.6) is 0 Å². The number of pyridine rings is 2. The van der Waals surface area contributed by atoms with Gasteiger partial charge in [0.2, 0.25) is 0 Å². The van der Waals surface area contributed by atoms with Gasteiger partial charge in [-0.2, -0.15) is 18.3 Å². The van der Waals surface area contributed by atoms with E-state index in [1.807, 2.05) is 0 Å². The van der Waals surface area contributed by atoms with Gasteiger partial charge in [-0.3, -0.25) is 4.68 Å². The molecule has 0 radical (unpaired) electrons. The summed E-state index contributed by atoms with van der Waals surface area (Å²) >= 11 is 0. The molecule has 2 N–H and O–H groups in total. The van der Waals surface area contributed by atoms with Crippen molar-refractivity contribution in [1.82, 2.24) is 24.6 Å². The largest absolute Gasteiger partial charge is 0.418 e. The van der Waals surface area contributed by atoms with Crippen LogP contribution in [0.4, 0.5) is 23.4 Å². The van der Waals surface area contributed by atoms with Crippen molar-refractivity contribution in [2.24, 2.45) is 11.8 Å². The Kier molecular flexibility index (Phi) is 4.34. The van der Waals surface area contributed by atoms with Gasteiger partial charge in [-0.15, -0.1) is 0 Å². The quantitative estimate of drug-likeness (QED) is 0.499. The van der Waals surface area contributed by atoms with E-state index in [0.29, 0.717) is 23.0 Å². The highest BCUT2D eigenvalue weighted by atomic mass is 19.4. The molecule has 3 aromatic heterocycles. The van der Waals surface area contributed by atoms with Gasteiger partial charge >= 0.3 is 6.18 Å². The number of fused-ring (bicyclic) bond motifs is 2. The molecule has 36 heavy (non-hydrogen) atoms. The number of hydrogen-bond acceptors (Lipinski definition) is 5. The minimum Gasteiger partial charge on any atom is -0.384 e. The van der Waals surface area contributed by atoms with Crippen molar-refractivity contribution in [2.45, 2.75) is 63.1 Å². The van der Waals surface area contributed by atoms with E-state index < -0.39 is 17.6 Å². The maximum absolute atomic E-state index is 16.5. The predicted octanol–water partition coefficient (Wildman–Crippen LogP) is 5.20. The zero-order valence-electron chi connectivity index (χ0n) is 20.5. The molecule has 4 heterocycles. The number of nitrogen functional groups attached to an aromatic ring is 1. The molecule has 3 aromatic rings. The number of rotatable bonds is 4. The number of anilines is 1. The molecule has 0 amide bonds. The number of nitrogens with two attached hydrogens (primary N) is 1. The van der Waals surface area contributed by atoms with E-state index in [1.165, 1.54) is 6.92 Å². The van der Waals surface area contributed by atoms with Gasteiger partial charge in [-0.05, 0) is 57.6 Å². The van der Waals surface area contributed by atoms with Gasteiger partial charge in [0.25, 0.3) is 0 Å². The molecule has 4 fully saturated rings. The standard InChI is InChI=1S/C26H28F4N6/c1-11-19(26(28,29)30)13(8-16(31)32-11)21-20(27)23-18(24(33-21)25(2)6-7-25)22(34-36(23)12-4-5-12)17-14-9-35(3)10-15(14)17/h8,12,14-15,17H,4-7,9-10H2,1-3H3,(H2,31,32)/t14-,15+,17?. The van der Waals surface area contributed by atoms with Crippen LogP contribution in [-0.4, -0.2) is 44.8 Å². The number of hydrogen-bond donors (Lipinski definition) is 1. The lowest BCUT2D eigenvalue weighted by Crippen LogP contribution is -2.19. The molecule has 1 aliphatic heterocycles. The Bertz CT molecular complexity index is 1420. The van der Waals surface area contributed by atoms with Crippen LogP contribution in [0.25, 0.3) is 22.2 Å². The second-order valence-corrected chi connectivity index (χ2v) is 11.6. The predicted molar refractivity (Wildman–Crippen MR) is 127 cm³/mol. The second-order valence-electron chi connectivity index (χ2n) is 11.6. The Morgan fingerprint density at radius 1 is 1.11 bits per heavy atom. The highest BCUT2D eigenvalue weighted by molar-refractivity contribution is 5.91. The third kappa shape index (κ3) is 3.15. The van der Waals surface area contributed by atoms with E-state index in [4.69, 9.17) is 15.8 Å². The van der Waals surface area contributed by atoms with Gasteiger partial charge in [0.1, 0.15) is 17.0 Å². The van der Waals surface area contributed by atoms with E-state index in [0.717, 1.165) is 55.9 Å². The first-order valence-electron chi connectivity index (χ1n) is 12.6. The summed E-state index contributed by atoms with van der Waals surface area (Å²) in [6.45, 7) is 5.28. The first-order chi connectivity index (χ1) is 17.0. The van der Waals surface area contributed by atoms with Crippen LogP contribution in [0.15, 0.2) is 6.07 Å². The minimum absolute atomic E-state index is 0.0680. The minimum atomic E-state index is -4.73. The number of nitrogens with zero attached hydrogens (tertiary/aromatic N) is 5. The fourth-order valence-corrected chi connectivity index (χ4v) is 6.46. The second kappa shape index (κ2) is 6.96. The Morgan fingerprint density at radius 2 is 1.78 bits per heavy atom. The summed E-state index contributed by atoms with van der Waals surface area (Å²) in [5, 5.41) is 5.72. The Morgan fingerprint density at radius 3 is 2.36 bits per heavy atom. The van der Waals surface area contributed by atoms with Gasteiger partial charge in [0, 0.05) is 35.4 Å². The van der Waals surface area contributed by atoms with Crippen molar-refractivity contribution in [3.63, 3.8) is 0 Å². The van der Waals surface area contributed by atoms with Crippen molar-refractivity contribution >= 4 is 16.7 Å². The van der Waals surface area contributed by atoms with E-state index in [9.17, 15) is 13.2 Å². The van der Waals surface area contributed by atoms with Crippen LogP contribution < -0.4 is 5.73 Å². The monoisotopic (exact) mass is 500 g/mol. The molecule has 0 bridgehead atoms. The number of halogens is 4. The van der Waals surface area contributed by atoms with Gasteiger partial charge in [-0.1, -0.05) is 6.92 Å². The van der Waals surface area contributed by atoms with Gasteiger partial charge in [0.05, 0.1) is 28.7 Å². The van der Waals surface area contributed by atoms with E-state index in [-0.39, 0.29) is 40.1 Å². The maximum atomic E-state index is 16.5. The van der Waals surface area contributed by atoms with E-state index >= 15 is 4.39 Å². The molecule has 0 spiro atoms. The van der Waals surface area contributed by atoms with Crippen LogP contribution in [0.2, 0.25) is 0 Å². The van der Waals surface area contributed by atoms with Gasteiger partial charge in [-0.25, -0.2) is 14.4 Å². The number of aromatic nitrogens is 4. The van der Waals surface area contributed by atoms with Gasteiger partial charge in [0.15, 0.2) is 5.82 Å². The molecule has 3 atom stereocenters. The third-order valence-electron chi connectivity index (χ3n) is 8.73. The molecule has 10 heteroatoms. The van der Waals surface area contributed by atoms with Crippen LogP contribution >= 0.6 is 0 Å². The third-order valence-corrected chi connectivity index (χ3v) is 8.73. The normalized spacial score (nSPS) is 27.0. The fraction of sp³-hybridized carbons (Fsp3) is 0.577. The zero-order chi connectivity index (χ0) is 25.3. The lowest BCUT2D eigenvalue weighted by Gasteiger charge is -2.19. The number of likely N-dealkylation sites (tertiary alicyclic amines) is 1. The molecule has 6 nitrogen and oxygen atoms in total. The van der Waals surface area contributed by atoms with Crippen molar-refractivity contribution in [3.8, 4) is 11.3 Å². The Labute approximate surface area is 205 Å². The molecular weight excluding hydrogens is 472 g/mol. The summed E-state index contributed by atoms with van der Waals surface area (Å²) in [7, 11) is 2.11. The number of aryl methyl sites for hydroxylation is 1. The fourth-order valence-electron chi connectivity index (χ4n) is 6.46. The lowest BCUT2D eigenvalue weighted by atomic mass is 9.94. The molecule has 1 saturated heterocycles. The number of piperidine rings is 1. The molecule has 7 rings (SSSR count). The Hall–Kier alpha value is -2.75. The topological polar surface area (TPSA) is 72.9 Å². The van der Waals surface area contributed by atoms with Crippen LogP contribution in [0.3, 0.4) is 0 Å².